The number of fused-ring (bicyclic) bond motifs is 1. The maximum atomic E-state index is 12.3. The van der Waals surface area contributed by atoms with Gasteiger partial charge in [-0.15, -0.1) is 13.2 Å². The maximum absolute atomic E-state index is 12.3. The van der Waals surface area contributed by atoms with E-state index in [0.29, 0.717) is 16.5 Å². The molecule has 0 aliphatic carbocycles. The normalized spacial score (nSPS) is 13.1. The number of nitrogens with one attached hydrogen (secondary N) is 1. The predicted molar refractivity (Wildman–Crippen MR) is 73.3 cm³/mol. The Labute approximate surface area is 124 Å². The second-order valence-corrected chi connectivity index (χ2v) is 4.63. The highest BCUT2D eigenvalue weighted by Crippen LogP contribution is 2.28. The lowest BCUT2D eigenvalue weighted by molar-refractivity contribution is -0.274. The quantitative estimate of drug-likeness (QED) is 0.831. The Morgan fingerprint density at radius 2 is 2.14 bits per heavy atom. The molecule has 0 saturated heterocycles. The van der Waals surface area contributed by atoms with Gasteiger partial charge in [-0.2, -0.15) is 0 Å². The summed E-state index contributed by atoms with van der Waals surface area (Å²) in [4.78, 5) is 14.4. The third kappa shape index (κ3) is 3.91. The minimum absolute atomic E-state index is 0.147. The van der Waals surface area contributed by atoms with Crippen LogP contribution in [0.5, 0.6) is 5.75 Å². The number of hydrogen-bond donors (Lipinski definition) is 2. The fourth-order valence-corrected chi connectivity index (χ4v) is 2.09. The molecule has 0 fully saturated rings. The van der Waals surface area contributed by atoms with Crippen LogP contribution >= 0.6 is 0 Å². The third-order valence-electron chi connectivity index (χ3n) is 3.00. The van der Waals surface area contributed by atoms with Gasteiger partial charge < -0.3 is 20.2 Å². The SMILES string of the molecule is CCOC(=O)C(N)Cc1c[nH]c2ccc(OC(F)(F)F)cc12. The lowest BCUT2D eigenvalue weighted by Crippen LogP contribution is -2.34. The molecule has 22 heavy (non-hydrogen) atoms. The maximum Gasteiger partial charge on any atom is 0.573 e. The van der Waals surface area contributed by atoms with Crippen molar-refractivity contribution in [2.45, 2.75) is 25.7 Å². The van der Waals surface area contributed by atoms with Crippen molar-refractivity contribution in [3.05, 3.63) is 30.0 Å². The second-order valence-electron chi connectivity index (χ2n) is 4.63. The minimum atomic E-state index is -4.76. The second kappa shape index (κ2) is 6.27. The highest BCUT2D eigenvalue weighted by atomic mass is 19.4. The molecule has 0 aliphatic heterocycles. The lowest BCUT2D eigenvalue weighted by atomic mass is 10.1. The summed E-state index contributed by atoms with van der Waals surface area (Å²) in [5, 5.41) is 0.515. The summed E-state index contributed by atoms with van der Waals surface area (Å²) < 4.78 is 45.5. The molecule has 0 aliphatic rings. The zero-order valence-electron chi connectivity index (χ0n) is 11.7. The summed E-state index contributed by atoms with van der Waals surface area (Å²) in [6.45, 7) is 1.88. The summed E-state index contributed by atoms with van der Waals surface area (Å²) >= 11 is 0. The van der Waals surface area contributed by atoms with Crippen molar-refractivity contribution in [3.8, 4) is 5.75 Å². The van der Waals surface area contributed by atoms with Crippen LogP contribution in [0.15, 0.2) is 24.4 Å². The first-order chi connectivity index (χ1) is 10.3. The van der Waals surface area contributed by atoms with Crippen molar-refractivity contribution in [2.24, 2.45) is 5.73 Å². The van der Waals surface area contributed by atoms with Crippen LogP contribution in [0.3, 0.4) is 0 Å². The van der Waals surface area contributed by atoms with E-state index in [2.05, 4.69) is 9.72 Å². The van der Waals surface area contributed by atoms with E-state index in [9.17, 15) is 18.0 Å². The molecule has 0 bridgehead atoms. The molecule has 5 nitrogen and oxygen atoms in total. The van der Waals surface area contributed by atoms with Crippen LogP contribution in [0, 0.1) is 0 Å². The van der Waals surface area contributed by atoms with Gasteiger partial charge in [-0.1, -0.05) is 0 Å². The molecular formula is C14H15F3N2O3. The molecule has 3 N–H and O–H groups in total. The number of hydrogen-bond acceptors (Lipinski definition) is 4. The standard InChI is InChI=1S/C14H15F3N2O3/c1-2-21-13(20)11(18)5-8-7-19-12-4-3-9(6-10(8)12)22-14(15,16)17/h3-4,6-7,11,19H,2,5,18H2,1H3. The van der Waals surface area contributed by atoms with E-state index < -0.39 is 18.4 Å². The zero-order chi connectivity index (χ0) is 16.3. The first-order valence-electron chi connectivity index (χ1n) is 6.58. The Morgan fingerprint density at radius 1 is 1.41 bits per heavy atom. The number of halogens is 3. The molecule has 8 heteroatoms. The van der Waals surface area contributed by atoms with Gasteiger partial charge in [0, 0.05) is 23.5 Å². The molecule has 2 rings (SSSR count). The fraction of sp³-hybridized carbons (Fsp3) is 0.357. The van der Waals surface area contributed by atoms with Crippen LogP contribution in [0.1, 0.15) is 12.5 Å². The largest absolute Gasteiger partial charge is 0.573 e. The van der Waals surface area contributed by atoms with E-state index in [1.807, 2.05) is 0 Å². The Morgan fingerprint density at radius 3 is 2.77 bits per heavy atom. The summed E-state index contributed by atoms with van der Waals surface area (Å²) in [6, 6.07) is 3.05. The van der Waals surface area contributed by atoms with Crippen molar-refractivity contribution in [1.82, 2.24) is 4.98 Å². The third-order valence-corrected chi connectivity index (χ3v) is 3.00. The Kier molecular flexibility index (Phi) is 4.60. The van der Waals surface area contributed by atoms with E-state index in [1.54, 1.807) is 13.1 Å². The number of carbonyl (C=O) groups is 1. The first-order valence-corrected chi connectivity index (χ1v) is 6.58. The van der Waals surface area contributed by atoms with Gasteiger partial charge in [0.15, 0.2) is 0 Å². The Balaban J connectivity index is 2.23. The molecule has 1 aromatic heterocycles. The number of esters is 1. The molecule has 0 amide bonds. The van der Waals surface area contributed by atoms with Crippen molar-refractivity contribution in [1.29, 1.82) is 0 Å². The van der Waals surface area contributed by atoms with Gasteiger partial charge >= 0.3 is 12.3 Å². The van der Waals surface area contributed by atoms with Crippen LogP contribution in [0.25, 0.3) is 10.9 Å². The Bertz CT molecular complexity index is 667. The number of aromatic nitrogens is 1. The number of benzene rings is 1. The van der Waals surface area contributed by atoms with Gasteiger partial charge in [-0.25, -0.2) is 0 Å². The van der Waals surface area contributed by atoms with Crippen molar-refractivity contribution in [2.75, 3.05) is 6.61 Å². The molecule has 1 unspecified atom stereocenters. The van der Waals surface area contributed by atoms with Gasteiger partial charge in [-0.3, -0.25) is 4.79 Å². The number of carbonyl (C=O) groups excluding carboxylic acids is 1. The van der Waals surface area contributed by atoms with Crippen molar-refractivity contribution < 1.29 is 27.4 Å². The number of rotatable bonds is 5. The summed E-state index contributed by atoms with van der Waals surface area (Å²) in [7, 11) is 0. The first kappa shape index (κ1) is 16.2. The van der Waals surface area contributed by atoms with Crippen LogP contribution in [-0.4, -0.2) is 30.0 Å². The fourth-order valence-electron chi connectivity index (χ4n) is 2.09. The van der Waals surface area contributed by atoms with Gasteiger partial charge in [0.05, 0.1) is 6.61 Å². The summed E-state index contributed by atoms with van der Waals surface area (Å²) in [5.41, 5.74) is 6.97. The smallest absolute Gasteiger partial charge is 0.465 e. The molecule has 1 aromatic carbocycles. The minimum Gasteiger partial charge on any atom is -0.465 e. The monoisotopic (exact) mass is 316 g/mol. The number of H-pyrrole nitrogens is 1. The summed E-state index contributed by atoms with van der Waals surface area (Å²) in [6.07, 6.45) is -3.01. The average molecular weight is 316 g/mol. The van der Waals surface area contributed by atoms with E-state index in [1.165, 1.54) is 18.2 Å². The van der Waals surface area contributed by atoms with E-state index in [-0.39, 0.29) is 18.8 Å². The highest BCUT2D eigenvalue weighted by Gasteiger charge is 2.31. The lowest BCUT2D eigenvalue weighted by Gasteiger charge is -2.11. The van der Waals surface area contributed by atoms with Crippen molar-refractivity contribution in [3.63, 3.8) is 0 Å². The topological polar surface area (TPSA) is 77.3 Å². The number of alkyl halides is 3. The number of aromatic amines is 1. The highest BCUT2D eigenvalue weighted by molar-refractivity contribution is 5.85. The molecular weight excluding hydrogens is 301 g/mol. The van der Waals surface area contributed by atoms with Gasteiger partial charge in [0.2, 0.25) is 0 Å². The average Bonchev–Trinajstić information content (AvgIpc) is 2.80. The zero-order valence-corrected chi connectivity index (χ0v) is 11.7. The predicted octanol–water partition coefficient (Wildman–Crippen LogP) is 2.50. The number of nitrogens with two attached hydrogens (primary N) is 1. The van der Waals surface area contributed by atoms with Gasteiger partial charge in [0.1, 0.15) is 11.8 Å². The molecule has 1 atom stereocenters. The molecule has 120 valence electrons. The Hall–Kier alpha value is -2.22. The van der Waals surface area contributed by atoms with Crippen molar-refractivity contribution >= 4 is 16.9 Å². The van der Waals surface area contributed by atoms with E-state index in [0.717, 1.165) is 0 Å². The van der Waals surface area contributed by atoms with E-state index >= 15 is 0 Å². The molecule has 2 aromatic rings. The molecule has 1 heterocycles. The van der Waals surface area contributed by atoms with Gasteiger partial charge in [-0.05, 0) is 30.7 Å². The van der Waals surface area contributed by atoms with Gasteiger partial charge in [0.25, 0.3) is 0 Å². The van der Waals surface area contributed by atoms with Crippen LogP contribution in [0.2, 0.25) is 0 Å². The van der Waals surface area contributed by atoms with Crippen LogP contribution in [-0.2, 0) is 16.0 Å². The van der Waals surface area contributed by atoms with E-state index in [4.69, 9.17) is 10.5 Å². The number of ether oxygens (including phenoxy) is 2. The van der Waals surface area contributed by atoms with Crippen LogP contribution in [0.4, 0.5) is 13.2 Å². The van der Waals surface area contributed by atoms with Crippen LogP contribution < -0.4 is 10.5 Å². The molecule has 0 radical (unpaired) electrons. The molecule has 0 spiro atoms. The molecule has 0 saturated carbocycles. The summed E-state index contributed by atoms with van der Waals surface area (Å²) in [5.74, 6) is -0.884.